The van der Waals surface area contributed by atoms with Crippen LogP contribution in [0.1, 0.15) is 22.3 Å². The van der Waals surface area contributed by atoms with Crippen LogP contribution in [0, 0.1) is 0 Å². The van der Waals surface area contributed by atoms with Crippen molar-refractivity contribution in [3.05, 3.63) is 59.8 Å². The van der Waals surface area contributed by atoms with Gasteiger partial charge in [-0.1, -0.05) is 6.07 Å². The second kappa shape index (κ2) is 9.16. The highest BCUT2D eigenvalue weighted by Crippen LogP contribution is 2.35. The lowest BCUT2D eigenvalue weighted by Gasteiger charge is -2.36. The predicted molar refractivity (Wildman–Crippen MR) is 124 cm³/mol. The SMILES string of the molecule is Cn1cc(C(=O)N2CCN(c3cccc(C(F)(F)F)c3)CC2)c(-c2ccc3c(c2)OCCCO3)n1. The van der Waals surface area contributed by atoms with E-state index >= 15 is 0 Å². The summed E-state index contributed by atoms with van der Waals surface area (Å²) in [6, 6.07) is 10.8. The van der Waals surface area contributed by atoms with Gasteiger partial charge in [0.1, 0.15) is 5.69 Å². The second-order valence-electron chi connectivity index (χ2n) is 8.60. The molecular formula is C25H25F3N4O3. The maximum Gasteiger partial charge on any atom is 0.416 e. The number of hydrogen-bond acceptors (Lipinski definition) is 5. The molecule has 0 aliphatic carbocycles. The van der Waals surface area contributed by atoms with Crippen LogP contribution in [0.15, 0.2) is 48.7 Å². The molecule has 1 saturated heterocycles. The molecule has 2 aromatic carbocycles. The molecule has 0 spiro atoms. The zero-order chi connectivity index (χ0) is 24.6. The van der Waals surface area contributed by atoms with Crippen LogP contribution in [0.25, 0.3) is 11.3 Å². The molecule has 0 unspecified atom stereocenters. The average molecular weight is 486 g/mol. The fraction of sp³-hybridized carbons (Fsp3) is 0.360. The standard InChI is InChI=1S/C25H25F3N4O3/c1-30-16-20(23(29-30)17-6-7-21-22(14-17)35-13-3-12-34-21)24(33)32-10-8-31(9-11-32)19-5-2-4-18(15-19)25(26,27)28/h2,4-7,14-16H,3,8-13H2,1H3. The van der Waals surface area contributed by atoms with E-state index in [1.807, 2.05) is 23.1 Å². The molecule has 0 bridgehead atoms. The summed E-state index contributed by atoms with van der Waals surface area (Å²) in [5.41, 5.74) is 1.59. The Labute approximate surface area is 200 Å². The number of hydrogen-bond donors (Lipinski definition) is 0. The van der Waals surface area contributed by atoms with Crippen LogP contribution < -0.4 is 14.4 Å². The van der Waals surface area contributed by atoms with Crippen LogP contribution in [0.4, 0.5) is 18.9 Å². The number of piperazine rings is 1. The van der Waals surface area contributed by atoms with Crippen LogP contribution in [0.3, 0.4) is 0 Å². The van der Waals surface area contributed by atoms with Crippen molar-refractivity contribution in [2.45, 2.75) is 12.6 Å². The summed E-state index contributed by atoms with van der Waals surface area (Å²) in [5, 5.41) is 4.52. The third kappa shape index (κ3) is 4.78. The van der Waals surface area contributed by atoms with Crippen molar-refractivity contribution in [1.29, 1.82) is 0 Å². The van der Waals surface area contributed by atoms with E-state index in [2.05, 4.69) is 5.10 Å². The predicted octanol–water partition coefficient (Wildman–Crippen LogP) is 4.23. The molecule has 1 amide bonds. The highest BCUT2D eigenvalue weighted by Gasteiger charge is 2.32. The maximum absolute atomic E-state index is 13.4. The molecular weight excluding hydrogens is 461 g/mol. The molecule has 35 heavy (non-hydrogen) atoms. The normalized spacial score (nSPS) is 16.2. The summed E-state index contributed by atoms with van der Waals surface area (Å²) < 4.78 is 52.4. The molecule has 1 fully saturated rings. The van der Waals surface area contributed by atoms with E-state index in [0.29, 0.717) is 67.8 Å². The minimum absolute atomic E-state index is 0.163. The highest BCUT2D eigenvalue weighted by molar-refractivity contribution is 6.00. The molecule has 3 aromatic rings. The molecule has 0 saturated carbocycles. The second-order valence-corrected chi connectivity index (χ2v) is 8.60. The molecule has 10 heteroatoms. The van der Waals surface area contributed by atoms with Crippen LogP contribution >= 0.6 is 0 Å². The summed E-state index contributed by atoms with van der Waals surface area (Å²) >= 11 is 0. The van der Waals surface area contributed by atoms with E-state index in [1.54, 1.807) is 28.9 Å². The van der Waals surface area contributed by atoms with Crippen molar-refractivity contribution in [1.82, 2.24) is 14.7 Å². The molecule has 3 heterocycles. The minimum atomic E-state index is -4.39. The Balaban J connectivity index is 1.33. The zero-order valence-corrected chi connectivity index (χ0v) is 19.2. The van der Waals surface area contributed by atoms with E-state index < -0.39 is 11.7 Å². The summed E-state index contributed by atoms with van der Waals surface area (Å²) in [6.45, 7) is 2.81. The van der Waals surface area contributed by atoms with Crippen molar-refractivity contribution in [2.75, 3.05) is 44.3 Å². The lowest BCUT2D eigenvalue weighted by molar-refractivity contribution is -0.137. The summed E-state index contributed by atoms with van der Waals surface area (Å²) in [7, 11) is 1.76. The number of aryl methyl sites for hydroxylation is 1. The number of alkyl halides is 3. The smallest absolute Gasteiger partial charge is 0.416 e. The number of carbonyl (C=O) groups is 1. The largest absolute Gasteiger partial charge is 0.490 e. The highest BCUT2D eigenvalue weighted by atomic mass is 19.4. The monoisotopic (exact) mass is 486 g/mol. The number of fused-ring (bicyclic) bond motifs is 1. The molecule has 0 radical (unpaired) electrons. The lowest BCUT2D eigenvalue weighted by atomic mass is 10.1. The van der Waals surface area contributed by atoms with E-state index in [0.717, 1.165) is 24.1 Å². The number of amides is 1. The van der Waals surface area contributed by atoms with Gasteiger partial charge in [-0.05, 0) is 36.4 Å². The Morgan fingerprint density at radius 3 is 2.46 bits per heavy atom. The number of ether oxygens (including phenoxy) is 2. The van der Waals surface area contributed by atoms with Gasteiger partial charge in [-0.15, -0.1) is 0 Å². The number of benzene rings is 2. The third-order valence-corrected chi connectivity index (χ3v) is 6.19. The number of rotatable bonds is 3. The lowest BCUT2D eigenvalue weighted by Crippen LogP contribution is -2.48. The molecule has 1 aromatic heterocycles. The molecule has 184 valence electrons. The Kier molecular flexibility index (Phi) is 6.04. The fourth-order valence-corrected chi connectivity index (χ4v) is 4.39. The Bertz CT molecular complexity index is 1230. The van der Waals surface area contributed by atoms with Gasteiger partial charge in [0.05, 0.1) is 24.3 Å². The van der Waals surface area contributed by atoms with Crippen LogP contribution in [0.2, 0.25) is 0 Å². The van der Waals surface area contributed by atoms with Crippen molar-refractivity contribution in [3.8, 4) is 22.8 Å². The van der Waals surface area contributed by atoms with E-state index in [-0.39, 0.29) is 5.91 Å². The van der Waals surface area contributed by atoms with E-state index in [4.69, 9.17) is 9.47 Å². The molecule has 0 N–H and O–H groups in total. The zero-order valence-electron chi connectivity index (χ0n) is 19.2. The Hall–Kier alpha value is -3.69. The van der Waals surface area contributed by atoms with Gasteiger partial charge in [0.2, 0.25) is 0 Å². The van der Waals surface area contributed by atoms with Crippen molar-refractivity contribution >= 4 is 11.6 Å². The summed E-state index contributed by atoms with van der Waals surface area (Å²) in [5.74, 6) is 1.13. The topological polar surface area (TPSA) is 59.8 Å². The van der Waals surface area contributed by atoms with Gasteiger partial charge in [-0.25, -0.2) is 0 Å². The first-order chi connectivity index (χ1) is 16.8. The van der Waals surface area contributed by atoms with Gasteiger partial charge in [0, 0.05) is 57.1 Å². The summed E-state index contributed by atoms with van der Waals surface area (Å²) in [4.78, 5) is 17.0. The molecule has 7 nitrogen and oxygen atoms in total. The molecule has 0 atom stereocenters. The van der Waals surface area contributed by atoms with E-state index in [1.165, 1.54) is 6.07 Å². The van der Waals surface area contributed by atoms with Gasteiger partial charge >= 0.3 is 6.18 Å². The molecule has 2 aliphatic rings. The fourth-order valence-electron chi connectivity index (χ4n) is 4.39. The van der Waals surface area contributed by atoms with Crippen molar-refractivity contribution in [2.24, 2.45) is 7.05 Å². The van der Waals surface area contributed by atoms with Crippen LogP contribution in [-0.2, 0) is 13.2 Å². The van der Waals surface area contributed by atoms with Gasteiger partial charge in [0.25, 0.3) is 5.91 Å². The Morgan fingerprint density at radius 1 is 0.971 bits per heavy atom. The number of halogens is 3. The maximum atomic E-state index is 13.4. The number of carbonyl (C=O) groups excluding carboxylic acids is 1. The van der Waals surface area contributed by atoms with Gasteiger partial charge in [-0.3, -0.25) is 9.48 Å². The van der Waals surface area contributed by atoms with E-state index in [9.17, 15) is 18.0 Å². The Morgan fingerprint density at radius 2 is 1.71 bits per heavy atom. The minimum Gasteiger partial charge on any atom is -0.490 e. The first-order valence-electron chi connectivity index (χ1n) is 11.4. The summed E-state index contributed by atoms with van der Waals surface area (Å²) in [6.07, 6.45) is -1.90. The number of aromatic nitrogens is 2. The van der Waals surface area contributed by atoms with Gasteiger partial charge in [0.15, 0.2) is 11.5 Å². The first-order valence-corrected chi connectivity index (χ1v) is 11.4. The molecule has 2 aliphatic heterocycles. The van der Waals surface area contributed by atoms with Gasteiger partial charge in [-0.2, -0.15) is 18.3 Å². The van der Waals surface area contributed by atoms with Crippen LogP contribution in [-0.4, -0.2) is 60.0 Å². The van der Waals surface area contributed by atoms with Crippen molar-refractivity contribution < 1.29 is 27.4 Å². The molecule has 5 rings (SSSR count). The van der Waals surface area contributed by atoms with Gasteiger partial charge < -0.3 is 19.3 Å². The van der Waals surface area contributed by atoms with Crippen LogP contribution in [0.5, 0.6) is 11.5 Å². The number of nitrogens with zero attached hydrogens (tertiary/aromatic N) is 4. The third-order valence-electron chi connectivity index (χ3n) is 6.19. The number of anilines is 1. The quantitative estimate of drug-likeness (QED) is 0.555. The first kappa shape index (κ1) is 23.1. The average Bonchev–Trinajstić information content (AvgIpc) is 3.09. The van der Waals surface area contributed by atoms with Crippen molar-refractivity contribution in [3.63, 3.8) is 0 Å².